The number of hydrogen-bond donors (Lipinski definition) is 2. The number of hydrogen-bond acceptors (Lipinski definition) is 3. The monoisotopic (exact) mass is 284 g/mol. The molecule has 0 atom stereocenters. The van der Waals surface area contributed by atoms with Gasteiger partial charge in [-0.1, -0.05) is 24.3 Å². The molecular formula is C17H20N2O2. The summed E-state index contributed by atoms with van der Waals surface area (Å²) in [5, 5.41) is 11.9. The van der Waals surface area contributed by atoms with Gasteiger partial charge in [-0.25, -0.2) is 0 Å². The Hall–Kier alpha value is -2.33. The van der Waals surface area contributed by atoms with Crippen molar-refractivity contribution in [3.05, 3.63) is 65.2 Å². The average Bonchev–Trinajstić information content (AvgIpc) is 2.53. The van der Waals surface area contributed by atoms with Gasteiger partial charge in [0, 0.05) is 31.9 Å². The third-order valence-corrected chi connectivity index (χ3v) is 3.30. The van der Waals surface area contributed by atoms with Crippen LogP contribution in [0.2, 0.25) is 0 Å². The van der Waals surface area contributed by atoms with Crippen molar-refractivity contribution in [3.8, 4) is 0 Å². The van der Waals surface area contributed by atoms with Gasteiger partial charge in [-0.3, -0.25) is 4.79 Å². The molecule has 2 aromatic carbocycles. The van der Waals surface area contributed by atoms with Gasteiger partial charge in [0.05, 0.1) is 6.61 Å². The Morgan fingerprint density at radius 2 is 1.57 bits per heavy atom. The molecule has 0 heterocycles. The van der Waals surface area contributed by atoms with Crippen LogP contribution in [0.5, 0.6) is 0 Å². The molecule has 4 heteroatoms. The standard InChI is InChI=1S/C17H20N2O2/c1-19(2)16-9-7-15(8-10-16)17(21)18-11-13-3-5-14(12-20)6-4-13/h3-10,20H,11-12H2,1-2H3,(H,18,21). The summed E-state index contributed by atoms with van der Waals surface area (Å²) in [7, 11) is 3.93. The highest BCUT2D eigenvalue weighted by atomic mass is 16.3. The van der Waals surface area contributed by atoms with Crippen LogP contribution in [0.15, 0.2) is 48.5 Å². The molecule has 0 unspecified atom stereocenters. The Bertz CT molecular complexity index is 589. The fraction of sp³-hybridized carbons (Fsp3) is 0.235. The Balaban J connectivity index is 1.94. The lowest BCUT2D eigenvalue weighted by Crippen LogP contribution is -2.22. The topological polar surface area (TPSA) is 52.6 Å². The number of aliphatic hydroxyl groups is 1. The van der Waals surface area contributed by atoms with Crippen LogP contribution in [0.25, 0.3) is 0 Å². The molecule has 0 fully saturated rings. The number of rotatable bonds is 5. The normalized spacial score (nSPS) is 10.2. The van der Waals surface area contributed by atoms with Gasteiger partial charge in [-0.2, -0.15) is 0 Å². The molecule has 0 saturated carbocycles. The van der Waals surface area contributed by atoms with Crippen molar-refractivity contribution in [3.63, 3.8) is 0 Å². The van der Waals surface area contributed by atoms with Crippen molar-refractivity contribution in [1.82, 2.24) is 5.32 Å². The van der Waals surface area contributed by atoms with Crippen molar-refractivity contribution in [2.45, 2.75) is 13.2 Å². The minimum Gasteiger partial charge on any atom is -0.392 e. The van der Waals surface area contributed by atoms with Crippen LogP contribution in [-0.2, 0) is 13.2 Å². The third kappa shape index (κ3) is 4.07. The molecule has 110 valence electrons. The van der Waals surface area contributed by atoms with E-state index < -0.39 is 0 Å². The van der Waals surface area contributed by atoms with E-state index in [1.807, 2.05) is 67.5 Å². The van der Waals surface area contributed by atoms with E-state index in [0.717, 1.165) is 16.8 Å². The molecule has 0 aliphatic heterocycles. The molecule has 2 rings (SSSR count). The van der Waals surface area contributed by atoms with Gasteiger partial charge >= 0.3 is 0 Å². The van der Waals surface area contributed by atoms with E-state index in [9.17, 15) is 4.79 Å². The summed E-state index contributed by atoms with van der Waals surface area (Å²) < 4.78 is 0. The molecule has 21 heavy (non-hydrogen) atoms. The predicted molar refractivity (Wildman–Crippen MR) is 84.3 cm³/mol. The van der Waals surface area contributed by atoms with Crippen LogP contribution < -0.4 is 10.2 Å². The van der Waals surface area contributed by atoms with Crippen LogP contribution in [0.3, 0.4) is 0 Å². The zero-order valence-electron chi connectivity index (χ0n) is 12.3. The number of aliphatic hydroxyl groups excluding tert-OH is 1. The number of nitrogens with zero attached hydrogens (tertiary/aromatic N) is 1. The van der Waals surface area contributed by atoms with E-state index in [0.29, 0.717) is 12.1 Å². The summed E-state index contributed by atoms with van der Waals surface area (Å²) in [6.45, 7) is 0.505. The van der Waals surface area contributed by atoms with Crippen molar-refractivity contribution >= 4 is 11.6 Å². The Kier molecular flexibility index (Phi) is 4.95. The highest BCUT2D eigenvalue weighted by Gasteiger charge is 2.05. The maximum atomic E-state index is 12.1. The lowest BCUT2D eigenvalue weighted by Gasteiger charge is -2.12. The molecule has 0 bridgehead atoms. The SMILES string of the molecule is CN(C)c1ccc(C(=O)NCc2ccc(CO)cc2)cc1. The average molecular weight is 284 g/mol. The fourth-order valence-corrected chi connectivity index (χ4v) is 1.96. The van der Waals surface area contributed by atoms with Gasteiger partial charge in [0.1, 0.15) is 0 Å². The molecule has 0 spiro atoms. The summed E-state index contributed by atoms with van der Waals surface area (Å²) in [5.74, 6) is -0.0912. The summed E-state index contributed by atoms with van der Waals surface area (Å²) >= 11 is 0. The van der Waals surface area contributed by atoms with Crippen molar-refractivity contribution in [2.24, 2.45) is 0 Å². The van der Waals surface area contributed by atoms with Gasteiger partial charge in [0.15, 0.2) is 0 Å². The van der Waals surface area contributed by atoms with Gasteiger partial charge in [0.25, 0.3) is 5.91 Å². The van der Waals surface area contributed by atoms with Crippen LogP contribution in [0.4, 0.5) is 5.69 Å². The molecule has 2 N–H and O–H groups in total. The minimum atomic E-state index is -0.0912. The van der Waals surface area contributed by atoms with Crippen LogP contribution in [-0.4, -0.2) is 25.1 Å². The maximum Gasteiger partial charge on any atom is 0.251 e. The van der Waals surface area contributed by atoms with Crippen molar-refractivity contribution in [1.29, 1.82) is 0 Å². The second-order valence-corrected chi connectivity index (χ2v) is 5.10. The van der Waals surface area contributed by atoms with Gasteiger partial charge in [0.2, 0.25) is 0 Å². The summed E-state index contributed by atoms with van der Waals surface area (Å²) in [5.41, 5.74) is 3.58. The van der Waals surface area contributed by atoms with E-state index in [1.165, 1.54) is 0 Å². The first-order valence-electron chi connectivity index (χ1n) is 6.84. The van der Waals surface area contributed by atoms with Gasteiger partial charge in [-0.05, 0) is 35.4 Å². The first kappa shape index (κ1) is 15.1. The van der Waals surface area contributed by atoms with Crippen LogP contribution in [0, 0.1) is 0 Å². The first-order valence-corrected chi connectivity index (χ1v) is 6.84. The number of benzene rings is 2. The van der Waals surface area contributed by atoms with Crippen LogP contribution >= 0.6 is 0 Å². The lowest BCUT2D eigenvalue weighted by molar-refractivity contribution is 0.0951. The van der Waals surface area contributed by atoms with Gasteiger partial charge < -0.3 is 15.3 Å². The molecule has 0 aliphatic carbocycles. The first-order chi connectivity index (χ1) is 10.1. The number of carbonyl (C=O) groups is 1. The summed E-state index contributed by atoms with van der Waals surface area (Å²) in [4.78, 5) is 14.0. The van der Waals surface area contributed by atoms with E-state index in [2.05, 4.69) is 5.32 Å². The number of amides is 1. The summed E-state index contributed by atoms with van der Waals surface area (Å²) in [6, 6.07) is 15.0. The number of anilines is 1. The Labute approximate surface area is 125 Å². The third-order valence-electron chi connectivity index (χ3n) is 3.30. The van der Waals surface area contributed by atoms with Gasteiger partial charge in [-0.15, -0.1) is 0 Å². The molecular weight excluding hydrogens is 264 g/mol. The Morgan fingerprint density at radius 1 is 1.00 bits per heavy atom. The Morgan fingerprint density at radius 3 is 2.10 bits per heavy atom. The smallest absolute Gasteiger partial charge is 0.251 e. The largest absolute Gasteiger partial charge is 0.392 e. The molecule has 1 amide bonds. The highest BCUT2D eigenvalue weighted by molar-refractivity contribution is 5.94. The van der Waals surface area contributed by atoms with E-state index in [4.69, 9.17) is 5.11 Å². The maximum absolute atomic E-state index is 12.1. The molecule has 0 aliphatic rings. The highest BCUT2D eigenvalue weighted by Crippen LogP contribution is 2.12. The fourth-order valence-electron chi connectivity index (χ4n) is 1.96. The molecule has 2 aromatic rings. The number of carbonyl (C=O) groups excluding carboxylic acids is 1. The predicted octanol–water partition coefficient (Wildman–Crippen LogP) is 2.17. The second-order valence-electron chi connectivity index (χ2n) is 5.10. The molecule has 4 nitrogen and oxygen atoms in total. The zero-order valence-corrected chi connectivity index (χ0v) is 12.3. The van der Waals surface area contributed by atoms with Crippen molar-refractivity contribution in [2.75, 3.05) is 19.0 Å². The van der Waals surface area contributed by atoms with E-state index in [-0.39, 0.29) is 12.5 Å². The quantitative estimate of drug-likeness (QED) is 0.885. The summed E-state index contributed by atoms with van der Waals surface area (Å²) in [6.07, 6.45) is 0. The van der Waals surface area contributed by atoms with Crippen LogP contribution in [0.1, 0.15) is 21.5 Å². The zero-order chi connectivity index (χ0) is 15.2. The van der Waals surface area contributed by atoms with Crippen molar-refractivity contribution < 1.29 is 9.90 Å². The minimum absolute atomic E-state index is 0.0326. The van der Waals surface area contributed by atoms with E-state index >= 15 is 0 Å². The second kappa shape index (κ2) is 6.90. The lowest BCUT2D eigenvalue weighted by atomic mass is 10.1. The molecule has 0 radical (unpaired) electrons. The molecule has 0 saturated heterocycles. The van der Waals surface area contributed by atoms with E-state index in [1.54, 1.807) is 0 Å². The number of nitrogens with one attached hydrogen (secondary N) is 1. The molecule has 0 aromatic heterocycles.